The molecule has 0 aliphatic carbocycles. The fourth-order valence-corrected chi connectivity index (χ4v) is 2.09. The molecule has 0 aromatic carbocycles. The largest absolute Gasteiger partial charge is 0.506 e. The minimum absolute atomic E-state index is 0.0204. The Bertz CT molecular complexity index is 500. The van der Waals surface area contributed by atoms with Crippen LogP contribution in [0, 0.1) is 6.92 Å². The summed E-state index contributed by atoms with van der Waals surface area (Å²) in [6, 6.07) is 3.30. The van der Waals surface area contributed by atoms with Gasteiger partial charge in [0.2, 0.25) is 10.0 Å². The Morgan fingerprint density at radius 2 is 2.06 bits per heavy atom. The SMILES string of the molecule is Cc1ccc(O)c(CNCCS(=O)(=O)N(C)C)n1. The summed E-state index contributed by atoms with van der Waals surface area (Å²) in [7, 11) is -0.176. The molecule has 0 spiro atoms. The van der Waals surface area contributed by atoms with Crippen molar-refractivity contribution in [2.24, 2.45) is 0 Å². The quantitative estimate of drug-likeness (QED) is 0.717. The van der Waals surface area contributed by atoms with E-state index < -0.39 is 10.0 Å². The number of nitrogens with one attached hydrogen (secondary N) is 1. The van der Waals surface area contributed by atoms with E-state index in [2.05, 4.69) is 10.3 Å². The van der Waals surface area contributed by atoms with Crippen molar-refractivity contribution in [3.63, 3.8) is 0 Å². The number of hydrogen-bond donors (Lipinski definition) is 2. The third-order valence-electron chi connectivity index (χ3n) is 2.47. The summed E-state index contributed by atoms with van der Waals surface area (Å²) in [6.07, 6.45) is 0. The Labute approximate surface area is 108 Å². The number of aryl methyl sites for hydroxylation is 1. The number of sulfonamides is 1. The van der Waals surface area contributed by atoms with E-state index in [9.17, 15) is 13.5 Å². The molecule has 0 aliphatic rings. The fraction of sp³-hybridized carbons (Fsp3) is 0.545. The van der Waals surface area contributed by atoms with Crippen LogP contribution >= 0.6 is 0 Å². The van der Waals surface area contributed by atoms with Gasteiger partial charge in [0.25, 0.3) is 0 Å². The van der Waals surface area contributed by atoms with Gasteiger partial charge in [-0.05, 0) is 19.1 Å². The maximum atomic E-state index is 11.5. The maximum Gasteiger partial charge on any atom is 0.214 e. The summed E-state index contributed by atoms with van der Waals surface area (Å²) in [5, 5.41) is 12.5. The van der Waals surface area contributed by atoms with Gasteiger partial charge in [0.05, 0.1) is 11.4 Å². The highest BCUT2D eigenvalue weighted by Crippen LogP contribution is 2.13. The van der Waals surface area contributed by atoms with E-state index in [1.165, 1.54) is 18.4 Å². The predicted molar refractivity (Wildman–Crippen MR) is 69.8 cm³/mol. The van der Waals surface area contributed by atoms with E-state index in [1.54, 1.807) is 12.1 Å². The number of aromatic hydroxyl groups is 1. The number of rotatable bonds is 6. The van der Waals surface area contributed by atoms with Crippen molar-refractivity contribution in [3.8, 4) is 5.75 Å². The van der Waals surface area contributed by atoms with Gasteiger partial charge in [-0.25, -0.2) is 12.7 Å². The molecule has 0 bridgehead atoms. The molecule has 0 fully saturated rings. The van der Waals surface area contributed by atoms with Gasteiger partial charge in [-0.1, -0.05) is 0 Å². The first-order valence-corrected chi connectivity index (χ1v) is 7.20. The Balaban J connectivity index is 2.46. The van der Waals surface area contributed by atoms with E-state index in [0.29, 0.717) is 18.8 Å². The van der Waals surface area contributed by atoms with Gasteiger partial charge in [-0.15, -0.1) is 0 Å². The molecule has 0 radical (unpaired) electrons. The smallest absolute Gasteiger partial charge is 0.214 e. The lowest BCUT2D eigenvalue weighted by Gasteiger charge is -2.11. The minimum atomic E-state index is -3.18. The first-order chi connectivity index (χ1) is 8.33. The van der Waals surface area contributed by atoms with Crippen molar-refractivity contribution in [2.75, 3.05) is 26.4 Å². The lowest BCUT2D eigenvalue weighted by Crippen LogP contribution is -2.31. The van der Waals surface area contributed by atoms with Crippen LogP contribution in [0.5, 0.6) is 5.75 Å². The molecule has 0 atom stereocenters. The first kappa shape index (κ1) is 14.9. The molecular weight excluding hydrogens is 254 g/mol. The third-order valence-corrected chi connectivity index (χ3v) is 4.31. The summed E-state index contributed by atoms with van der Waals surface area (Å²) < 4.78 is 24.2. The zero-order valence-corrected chi connectivity index (χ0v) is 11.7. The van der Waals surface area contributed by atoms with Crippen molar-refractivity contribution in [1.29, 1.82) is 0 Å². The Kier molecular flexibility index (Phi) is 5.06. The van der Waals surface area contributed by atoms with Gasteiger partial charge >= 0.3 is 0 Å². The summed E-state index contributed by atoms with van der Waals surface area (Å²) in [6.45, 7) is 2.49. The second kappa shape index (κ2) is 6.12. The van der Waals surface area contributed by atoms with Gasteiger partial charge in [0.1, 0.15) is 5.75 Å². The van der Waals surface area contributed by atoms with E-state index >= 15 is 0 Å². The molecule has 6 nitrogen and oxygen atoms in total. The molecule has 1 aromatic rings. The Morgan fingerprint density at radius 1 is 1.39 bits per heavy atom. The van der Waals surface area contributed by atoms with Crippen molar-refractivity contribution in [1.82, 2.24) is 14.6 Å². The van der Waals surface area contributed by atoms with E-state index in [4.69, 9.17) is 0 Å². The number of nitrogens with zero attached hydrogens (tertiary/aromatic N) is 2. The zero-order chi connectivity index (χ0) is 13.8. The lowest BCUT2D eigenvalue weighted by atomic mass is 10.3. The van der Waals surface area contributed by atoms with Crippen LogP contribution in [-0.2, 0) is 16.6 Å². The fourth-order valence-electron chi connectivity index (χ4n) is 1.32. The highest BCUT2D eigenvalue weighted by Gasteiger charge is 2.12. The molecule has 102 valence electrons. The van der Waals surface area contributed by atoms with Crippen LogP contribution in [0.1, 0.15) is 11.4 Å². The Morgan fingerprint density at radius 3 is 2.67 bits per heavy atom. The van der Waals surface area contributed by atoms with Crippen LogP contribution in [0.25, 0.3) is 0 Å². The minimum Gasteiger partial charge on any atom is -0.506 e. The first-order valence-electron chi connectivity index (χ1n) is 5.59. The highest BCUT2D eigenvalue weighted by atomic mass is 32.2. The van der Waals surface area contributed by atoms with Crippen LogP contribution in [0.4, 0.5) is 0 Å². The molecule has 0 unspecified atom stereocenters. The standard InChI is InChI=1S/C11H19N3O3S/c1-9-4-5-11(15)10(13-9)8-12-6-7-18(16,17)14(2)3/h4-5,12,15H,6-8H2,1-3H3. The van der Waals surface area contributed by atoms with Crippen molar-refractivity contribution in [3.05, 3.63) is 23.5 Å². The maximum absolute atomic E-state index is 11.5. The summed E-state index contributed by atoms with van der Waals surface area (Å²) >= 11 is 0. The average molecular weight is 273 g/mol. The van der Waals surface area contributed by atoms with Crippen molar-refractivity contribution in [2.45, 2.75) is 13.5 Å². The predicted octanol–water partition coefficient (Wildman–Crippen LogP) is 0.0766. The zero-order valence-electron chi connectivity index (χ0n) is 10.8. The van der Waals surface area contributed by atoms with Crippen LogP contribution in [0.15, 0.2) is 12.1 Å². The summed E-state index contributed by atoms with van der Waals surface area (Å²) in [5.74, 6) is 0.135. The van der Waals surface area contributed by atoms with Crippen LogP contribution < -0.4 is 5.32 Å². The molecule has 7 heteroatoms. The van der Waals surface area contributed by atoms with E-state index in [-0.39, 0.29) is 11.5 Å². The molecule has 0 saturated heterocycles. The summed E-state index contributed by atoms with van der Waals surface area (Å²) in [5.41, 5.74) is 1.34. The van der Waals surface area contributed by atoms with Gasteiger partial charge in [-0.2, -0.15) is 0 Å². The molecule has 2 N–H and O–H groups in total. The Hall–Kier alpha value is -1.18. The van der Waals surface area contributed by atoms with Crippen LogP contribution in [0.3, 0.4) is 0 Å². The lowest BCUT2D eigenvalue weighted by molar-refractivity contribution is 0.459. The summed E-state index contributed by atoms with van der Waals surface area (Å²) in [4.78, 5) is 4.17. The highest BCUT2D eigenvalue weighted by molar-refractivity contribution is 7.89. The van der Waals surface area contributed by atoms with Gasteiger partial charge in [0.15, 0.2) is 0 Å². The molecular formula is C11H19N3O3S. The number of pyridine rings is 1. The molecule has 0 aliphatic heterocycles. The van der Waals surface area contributed by atoms with Crippen molar-refractivity contribution >= 4 is 10.0 Å². The second-order valence-electron chi connectivity index (χ2n) is 4.19. The molecule has 1 heterocycles. The van der Waals surface area contributed by atoms with Crippen LogP contribution in [0.2, 0.25) is 0 Å². The topological polar surface area (TPSA) is 82.5 Å². The molecule has 1 rings (SSSR count). The third kappa shape index (κ3) is 4.25. The molecule has 18 heavy (non-hydrogen) atoms. The molecule has 0 amide bonds. The second-order valence-corrected chi connectivity index (χ2v) is 6.50. The van der Waals surface area contributed by atoms with Crippen LogP contribution in [-0.4, -0.2) is 49.2 Å². The normalized spacial score (nSPS) is 12.0. The van der Waals surface area contributed by atoms with Gasteiger partial charge in [-0.3, -0.25) is 4.98 Å². The van der Waals surface area contributed by atoms with E-state index in [1.807, 2.05) is 6.92 Å². The van der Waals surface area contributed by atoms with Gasteiger partial charge in [0, 0.05) is 32.9 Å². The molecule has 0 saturated carbocycles. The van der Waals surface area contributed by atoms with E-state index in [0.717, 1.165) is 5.69 Å². The monoisotopic (exact) mass is 273 g/mol. The number of hydrogen-bond acceptors (Lipinski definition) is 5. The van der Waals surface area contributed by atoms with Crippen molar-refractivity contribution < 1.29 is 13.5 Å². The van der Waals surface area contributed by atoms with Gasteiger partial charge < -0.3 is 10.4 Å². The number of aromatic nitrogens is 1. The average Bonchev–Trinajstić information content (AvgIpc) is 2.28. The molecule has 1 aromatic heterocycles.